The lowest BCUT2D eigenvalue weighted by Crippen LogP contribution is -2.45. The summed E-state index contributed by atoms with van der Waals surface area (Å²) in [5.74, 6) is 0.631. The van der Waals surface area contributed by atoms with Crippen LogP contribution in [0.3, 0.4) is 0 Å². The van der Waals surface area contributed by atoms with E-state index >= 15 is 0 Å². The number of carbonyl (C=O) groups excluding carboxylic acids is 1. The van der Waals surface area contributed by atoms with Crippen molar-refractivity contribution in [3.8, 4) is 5.75 Å². The largest absolute Gasteiger partial charge is 0.491 e. The van der Waals surface area contributed by atoms with Crippen LogP contribution in [0.15, 0.2) is 66.7 Å². The molecule has 1 fully saturated rings. The highest BCUT2D eigenvalue weighted by molar-refractivity contribution is 6.10. The first-order chi connectivity index (χ1) is 18.1. The first kappa shape index (κ1) is 24.7. The highest BCUT2D eigenvalue weighted by Gasteiger charge is 2.21. The summed E-state index contributed by atoms with van der Waals surface area (Å²) in [4.78, 5) is 17.7. The van der Waals surface area contributed by atoms with Crippen LogP contribution in [-0.2, 0) is 11.3 Å². The van der Waals surface area contributed by atoms with E-state index in [1.807, 2.05) is 42.5 Å². The second-order valence-corrected chi connectivity index (χ2v) is 9.03. The van der Waals surface area contributed by atoms with Crippen molar-refractivity contribution in [3.05, 3.63) is 83.7 Å². The molecule has 1 aliphatic heterocycles. The number of benzene rings is 3. The average Bonchev–Trinajstić information content (AvgIpc) is 3.31. The minimum atomic E-state index is -0.279. The summed E-state index contributed by atoms with van der Waals surface area (Å²) in [5, 5.41) is 11.0. The van der Waals surface area contributed by atoms with Crippen LogP contribution in [0, 0.1) is 5.82 Å². The van der Waals surface area contributed by atoms with Crippen LogP contribution in [0.4, 0.5) is 15.9 Å². The number of hydrogen-bond acceptors (Lipinski definition) is 6. The van der Waals surface area contributed by atoms with Gasteiger partial charge >= 0.3 is 0 Å². The molecule has 0 radical (unpaired) electrons. The third kappa shape index (κ3) is 5.90. The third-order valence-corrected chi connectivity index (χ3v) is 6.47. The fourth-order valence-electron chi connectivity index (χ4n) is 4.36. The van der Waals surface area contributed by atoms with Crippen molar-refractivity contribution in [3.63, 3.8) is 0 Å². The monoisotopic (exact) mass is 503 g/mol. The number of rotatable bonds is 9. The number of halogens is 1. The molecule has 4 aromatic rings. The highest BCUT2D eigenvalue weighted by atomic mass is 19.1. The lowest BCUT2D eigenvalue weighted by Gasteiger charge is -2.34. The van der Waals surface area contributed by atoms with Crippen LogP contribution in [0.5, 0.6) is 5.75 Å². The van der Waals surface area contributed by atoms with Gasteiger partial charge in [-0.2, -0.15) is 5.10 Å². The second-order valence-electron chi connectivity index (χ2n) is 9.03. The first-order valence-corrected chi connectivity index (χ1v) is 12.3. The number of amides is 1. The van der Waals surface area contributed by atoms with Crippen LogP contribution in [0.25, 0.3) is 10.9 Å². The Balaban J connectivity index is 1.18. The van der Waals surface area contributed by atoms with Crippen LogP contribution in [0.1, 0.15) is 15.9 Å². The molecule has 2 heterocycles. The average molecular weight is 504 g/mol. The number of aromatic amines is 1. The molecule has 1 amide bonds. The Morgan fingerprint density at radius 2 is 1.81 bits per heavy atom. The van der Waals surface area contributed by atoms with Crippen LogP contribution in [-0.4, -0.2) is 67.4 Å². The Bertz CT molecular complexity index is 1370. The molecule has 5 rings (SSSR count). The number of nitrogens with one attached hydrogen (secondary N) is 2. The maximum atomic E-state index is 13.7. The van der Waals surface area contributed by atoms with Gasteiger partial charge in [0.25, 0.3) is 5.91 Å². The summed E-state index contributed by atoms with van der Waals surface area (Å²) in [5.41, 5.74) is 2.81. The highest BCUT2D eigenvalue weighted by Crippen LogP contribution is 2.27. The van der Waals surface area contributed by atoms with Gasteiger partial charge in [-0.1, -0.05) is 30.3 Å². The van der Waals surface area contributed by atoms with Gasteiger partial charge in [-0.05, 0) is 37.4 Å². The summed E-state index contributed by atoms with van der Waals surface area (Å²) in [6.45, 7) is 4.51. The number of piperazine rings is 1. The molecule has 3 aromatic carbocycles. The molecule has 0 spiro atoms. The van der Waals surface area contributed by atoms with E-state index in [1.165, 1.54) is 6.07 Å². The van der Waals surface area contributed by atoms with Gasteiger partial charge in [0.2, 0.25) is 0 Å². The molecule has 8 nitrogen and oxygen atoms in total. The fourth-order valence-corrected chi connectivity index (χ4v) is 4.36. The van der Waals surface area contributed by atoms with Crippen molar-refractivity contribution in [1.29, 1.82) is 0 Å². The summed E-state index contributed by atoms with van der Waals surface area (Å²) in [6.07, 6.45) is 0. The summed E-state index contributed by atoms with van der Waals surface area (Å²) in [7, 11) is 2.11. The minimum Gasteiger partial charge on any atom is -0.491 e. The zero-order valence-electron chi connectivity index (χ0n) is 20.7. The summed E-state index contributed by atoms with van der Waals surface area (Å²) < 4.78 is 24.9. The molecule has 0 saturated carbocycles. The summed E-state index contributed by atoms with van der Waals surface area (Å²) in [6, 6.07) is 19.7. The van der Waals surface area contributed by atoms with Crippen LogP contribution in [0.2, 0.25) is 0 Å². The van der Waals surface area contributed by atoms with Crippen molar-refractivity contribution in [2.24, 2.45) is 0 Å². The number of anilines is 2. The number of ether oxygens (including phenoxy) is 2. The van der Waals surface area contributed by atoms with Gasteiger partial charge in [-0.25, -0.2) is 4.39 Å². The van der Waals surface area contributed by atoms with Crippen LogP contribution >= 0.6 is 0 Å². The molecule has 1 saturated heterocycles. The predicted octanol–water partition coefficient (Wildman–Crippen LogP) is 4.30. The Morgan fingerprint density at radius 3 is 2.65 bits per heavy atom. The van der Waals surface area contributed by atoms with Crippen molar-refractivity contribution >= 4 is 28.3 Å². The van der Waals surface area contributed by atoms with Gasteiger partial charge in [-0.3, -0.25) is 9.89 Å². The molecule has 37 heavy (non-hydrogen) atoms. The van der Waals surface area contributed by atoms with Gasteiger partial charge < -0.3 is 24.6 Å². The summed E-state index contributed by atoms with van der Waals surface area (Å²) >= 11 is 0. The third-order valence-electron chi connectivity index (χ3n) is 6.47. The lowest BCUT2D eigenvalue weighted by atomic mass is 10.1. The standard InChI is InChI=1S/C28H30FN5O3/c1-33-12-14-34(15-13-33)26-9-5-3-7-23(26)28(35)30-27-22-11-10-21(18-25(22)31-32-27)37-17-16-36-19-20-6-2-4-8-24(20)29/h2-11,18H,12-17,19H2,1H3,(H2,30,31,32,35). The number of para-hydroxylation sites is 1. The van der Waals surface area contributed by atoms with E-state index in [1.54, 1.807) is 18.2 Å². The van der Waals surface area contributed by atoms with E-state index < -0.39 is 0 Å². The van der Waals surface area contributed by atoms with E-state index in [0.717, 1.165) is 42.8 Å². The quantitative estimate of drug-likeness (QED) is 0.332. The topological polar surface area (TPSA) is 82.7 Å². The molecule has 0 unspecified atom stereocenters. The van der Waals surface area contributed by atoms with Gasteiger partial charge in [0.15, 0.2) is 5.82 Å². The maximum absolute atomic E-state index is 13.7. The Morgan fingerprint density at radius 1 is 1.03 bits per heavy atom. The normalized spacial score (nSPS) is 14.2. The number of H-pyrrole nitrogens is 1. The van der Waals surface area contributed by atoms with E-state index in [4.69, 9.17) is 9.47 Å². The zero-order valence-corrected chi connectivity index (χ0v) is 20.7. The molecule has 1 aliphatic rings. The van der Waals surface area contributed by atoms with Crippen molar-refractivity contribution in [2.75, 3.05) is 56.7 Å². The molecule has 192 valence electrons. The molecular weight excluding hydrogens is 473 g/mol. The molecule has 9 heteroatoms. The van der Waals surface area contributed by atoms with Gasteiger partial charge in [0, 0.05) is 48.9 Å². The lowest BCUT2D eigenvalue weighted by molar-refractivity contribution is 0.0872. The Labute approximate surface area is 215 Å². The minimum absolute atomic E-state index is 0.191. The van der Waals surface area contributed by atoms with E-state index in [0.29, 0.717) is 35.9 Å². The second kappa shape index (κ2) is 11.4. The predicted molar refractivity (Wildman–Crippen MR) is 142 cm³/mol. The number of likely N-dealkylation sites (N-methyl/N-ethyl adjacent to an activating group) is 1. The molecule has 0 aliphatic carbocycles. The molecular formula is C28H30FN5O3. The first-order valence-electron chi connectivity index (χ1n) is 12.3. The Kier molecular flexibility index (Phi) is 7.62. The zero-order chi connectivity index (χ0) is 25.6. The number of carbonyl (C=O) groups is 1. The number of hydrogen-bond donors (Lipinski definition) is 2. The van der Waals surface area contributed by atoms with Gasteiger partial charge in [-0.15, -0.1) is 0 Å². The number of fused-ring (bicyclic) bond motifs is 1. The van der Waals surface area contributed by atoms with Crippen LogP contribution < -0.4 is 15.0 Å². The van der Waals surface area contributed by atoms with Gasteiger partial charge in [0.1, 0.15) is 18.2 Å². The maximum Gasteiger partial charge on any atom is 0.258 e. The Hall–Kier alpha value is -3.95. The smallest absolute Gasteiger partial charge is 0.258 e. The molecule has 0 atom stereocenters. The fraction of sp³-hybridized carbons (Fsp3) is 0.286. The van der Waals surface area contributed by atoms with E-state index in [9.17, 15) is 9.18 Å². The van der Waals surface area contributed by atoms with E-state index in [-0.39, 0.29) is 18.3 Å². The molecule has 1 aromatic heterocycles. The number of nitrogens with zero attached hydrogens (tertiary/aromatic N) is 3. The molecule has 0 bridgehead atoms. The van der Waals surface area contributed by atoms with Crippen molar-refractivity contribution in [2.45, 2.75) is 6.61 Å². The SMILES string of the molecule is CN1CCN(c2ccccc2C(=O)Nc2n[nH]c3cc(OCCOCc4ccccc4F)ccc23)CC1. The van der Waals surface area contributed by atoms with Crippen molar-refractivity contribution in [1.82, 2.24) is 15.1 Å². The molecule has 2 N–H and O–H groups in total. The number of aromatic nitrogens is 2. The van der Waals surface area contributed by atoms with Crippen molar-refractivity contribution < 1.29 is 18.7 Å². The van der Waals surface area contributed by atoms with E-state index in [2.05, 4.69) is 32.4 Å². The van der Waals surface area contributed by atoms with Gasteiger partial charge in [0.05, 0.1) is 24.3 Å².